The first-order chi connectivity index (χ1) is 23.4. The summed E-state index contributed by atoms with van der Waals surface area (Å²) < 4.78 is 29.7. The number of piperidine rings is 1. The van der Waals surface area contributed by atoms with Crippen molar-refractivity contribution in [1.82, 2.24) is 25.8 Å². The van der Waals surface area contributed by atoms with Gasteiger partial charge in [-0.3, -0.25) is 29.1 Å². The van der Waals surface area contributed by atoms with Gasteiger partial charge < -0.3 is 20.7 Å². The van der Waals surface area contributed by atoms with Crippen LogP contribution in [0, 0.1) is 11.8 Å². The number of fused-ring (bicyclic) bond motifs is 1. The molecule has 1 saturated carbocycles. The molecule has 0 unspecified atom stereocenters. The molecule has 12 nitrogen and oxygen atoms in total. The zero-order valence-electron chi connectivity index (χ0n) is 30.1. The maximum absolute atomic E-state index is 14.3. The summed E-state index contributed by atoms with van der Waals surface area (Å²) in [5.74, 6) is -0.864. The van der Waals surface area contributed by atoms with E-state index in [9.17, 15) is 27.6 Å². The fraction of sp³-hybridized carbons (Fsp3) is 0.595. The number of Topliss-reactive ketones (excluding diaryl/α,β-unsaturated/α-hetero) is 1. The highest BCUT2D eigenvalue weighted by Gasteiger charge is 2.46. The molecule has 1 saturated heterocycles. The van der Waals surface area contributed by atoms with Gasteiger partial charge in [0.2, 0.25) is 11.8 Å². The van der Waals surface area contributed by atoms with Crippen molar-refractivity contribution in [3.05, 3.63) is 60.4 Å². The van der Waals surface area contributed by atoms with Crippen LogP contribution >= 0.6 is 0 Å². The van der Waals surface area contributed by atoms with Crippen molar-refractivity contribution in [3.63, 3.8) is 0 Å². The van der Waals surface area contributed by atoms with Gasteiger partial charge in [-0.25, -0.2) is 8.42 Å². The van der Waals surface area contributed by atoms with Crippen molar-refractivity contribution < 1.29 is 32.3 Å². The van der Waals surface area contributed by atoms with Gasteiger partial charge in [-0.2, -0.15) is 0 Å². The number of ether oxygens (including phenoxy) is 1. The lowest BCUT2D eigenvalue weighted by Crippen LogP contribution is -2.63. The van der Waals surface area contributed by atoms with E-state index in [1.54, 1.807) is 18.3 Å². The number of carbonyl (C=O) groups is 4. The lowest BCUT2D eigenvalue weighted by molar-refractivity contribution is -0.136. The van der Waals surface area contributed by atoms with Gasteiger partial charge in [0.25, 0.3) is 5.91 Å². The van der Waals surface area contributed by atoms with Crippen LogP contribution in [0.1, 0.15) is 72.3 Å². The minimum absolute atomic E-state index is 0.0747. The molecule has 2 aromatic rings. The molecule has 0 bridgehead atoms. The van der Waals surface area contributed by atoms with E-state index in [0.717, 1.165) is 37.5 Å². The molecule has 1 aromatic heterocycles. The summed E-state index contributed by atoms with van der Waals surface area (Å²) in [4.78, 5) is 60.9. The molecule has 1 aliphatic heterocycles. The smallest absolute Gasteiger partial charge is 0.258 e. The van der Waals surface area contributed by atoms with E-state index >= 15 is 0 Å². The number of ketones is 1. The number of amides is 3. The molecule has 1 aliphatic carbocycles. The van der Waals surface area contributed by atoms with E-state index in [0.29, 0.717) is 30.6 Å². The number of nitrogens with zero attached hydrogens (tertiary/aromatic N) is 2. The predicted octanol–water partition coefficient (Wildman–Crippen LogP) is 2.86. The first-order valence-electron chi connectivity index (χ1n) is 17.4. The van der Waals surface area contributed by atoms with Crippen LogP contribution in [0.2, 0.25) is 0 Å². The Morgan fingerprint density at radius 1 is 0.960 bits per heavy atom. The summed E-state index contributed by atoms with van der Waals surface area (Å²) in [5.41, 5.74) is 0.335. The zero-order valence-corrected chi connectivity index (χ0v) is 30.9. The highest BCUT2D eigenvalue weighted by Crippen LogP contribution is 2.38. The number of likely N-dealkylation sites (tertiary alicyclic amines) is 1. The van der Waals surface area contributed by atoms with Crippen LogP contribution in [0.4, 0.5) is 0 Å². The summed E-state index contributed by atoms with van der Waals surface area (Å²) in [6.45, 7) is 8.53. The Morgan fingerprint density at radius 2 is 1.64 bits per heavy atom. The van der Waals surface area contributed by atoms with Crippen molar-refractivity contribution in [2.75, 3.05) is 26.0 Å². The fourth-order valence-electron chi connectivity index (χ4n) is 6.81. The van der Waals surface area contributed by atoms with E-state index in [2.05, 4.69) is 20.9 Å². The molecule has 50 heavy (non-hydrogen) atoms. The largest absolute Gasteiger partial charge is 0.482 e. The highest BCUT2D eigenvalue weighted by molar-refractivity contribution is 7.92. The monoisotopic (exact) mass is 711 g/mol. The van der Waals surface area contributed by atoms with Gasteiger partial charge in [0.05, 0.1) is 29.6 Å². The SMILES string of the molecule is CC(C)(C)NC(=O)[C@@H]1C[C@@H]2CCCC[C@@H]2CN1CC(=O)[C@H](Cc1ccccc1)NC(=O)[C@@H](NC(=O)COc1cccnc1)C(C)(C)S(C)(=O)=O. The third kappa shape index (κ3) is 10.6. The van der Waals surface area contributed by atoms with Crippen LogP contribution in [0.3, 0.4) is 0 Å². The third-order valence-corrected chi connectivity index (χ3v) is 12.0. The van der Waals surface area contributed by atoms with Crippen LogP contribution in [0.15, 0.2) is 54.9 Å². The van der Waals surface area contributed by atoms with Crippen molar-refractivity contribution in [2.45, 2.75) is 102 Å². The highest BCUT2D eigenvalue weighted by atomic mass is 32.2. The Hall–Kier alpha value is -3.84. The van der Waals surface area contributed by atoms with E-state index in [-0.39, 0.29) is 24.7 Å². The first-order valence-corrected chi connectivity index (χ1v) is 19.3. The van der Waals surface area contributed by atoms with Crippen molar-refractivity contribution in [3.8, 4) is 5.75 Å². The van der Waals surface area contributed by atoms with Crippen molar-refractivity contribution in [1.29, 1.82) is 0 Å². The molecular formula is C37H53N5O7S. The molecule has 2 heterocycles. The Kier molecular flexibility index (Phi) is 12.8. The number of benzene rings is 1. The van der Waals surface area contributed by atoms with Gasteiger partial charge in [0.1, 0.15) is 11.8 Å². The summed E-state index contributed by atoms with van der Waals surface area (Å²) in [5, 5.41) is 8.45. The number of rotatable bonds is 14. The molecule has 2 aliphatic rings. The Balaban J connectivity index is 1.59. The number of carbonyl (C=O) groups excluding carboxylic acids is 4. The fourth-order valence-corrected chi connectivity index (χ4v) is 7.41. The Bertz CT molecular complexity index is 1590. The van der Waals surface area contributed by atoms with Crippen LogP contribution < -0.4 is 20.7 Å². The number of pyridine rings is 1. The second kappa shape index (κ2) is 16.5. The first kappa shape index (κ1) is 39.0. The van der Waals surface area contributed by atoms with Crippen molar-refractivity contribution >= 4 is 33.3 Å². The Labute approximate surface area is 296 Å². The zero-order chi connectivity index (χ0) is 36.7. The molecule has 2 fully saturated rings. The molecular weight excluding hydrogens is 659 g/mol. The minimum atomic E-state index is -3.90. The molecule has 274 valence electrons. The van der Waals surface area contributed by atoms with Gasteiger partial charge in [-0.15, -0.1) is 0 Å². The van der Waals surface area contributed by atoms with E-state index < -0.39 is 56.7 Å². The standard InChI is InChI=1S/C37H53N5O7S/c1-36(2,3)41-34(45)30-20-26-15-10-11-16-27(26)22-42(30)23-31(43)29(19-25-13-8-7-9-14-25)39-35(46)33(37(4,5)50(6,47)48)40-32(44)24-49-28-17-12-18-38-21-28/h7-9,12-14,17-18,21,26-27,29-30,33H,10-11,15-16,19-20,22-24H2,1-6H3,(H,39,46)(H,40,44)(H,41,45)/t26-,27+,29-,30-,33+/m0/s1. The lowest BCUT2D eigenvalue weighted by Gasteiger charge is -2.46. The van der Waals surface area contributed by atoms with Crippen molar-refractivity contribution in [2.24, 2.45) is 11.8 Å². The number of aromatic nitrogens is 1. The number of hydrogen-bond acceptors (Lipinski definition) is 9. The molecule has 1 aromatic carbocycles. The van der Waals surface area contributed by atoms with Gasteiger partial charge >= 0.3 is 0 Å². The summed E-state index contributed by atoms with van der Waals surface area (Å²) in [6, 6.07) is 9.31. The van der Waals surface area contributed by atoms with E-state index in [1.165, 1.54) is 20.0 Å². The lowest BCUT2D eigenvalue weighted by atomic mass is 9.72. The maximum atomic E-state index is 14.3. The average molecular weight is 712 g/mol. The maximum Gasteiger partial charge on any atom is 0.258 e. The second-order valence-corrected chi connectivity index (χ2v) is 17.9. The molecule has 3 N–H and O–H groups in total. The van der Waals surface area contributed by atoms with Gasteiger partial charge in [-0.05, 0) is 83.4 Å². The van der Waals surface area contributed by atoms with E-state index in [1.807, 2.05) is 56.0 Å². The molecule has 13 heteroatoms. The molecule has 4 rings (SSSR count). The molecule has 0 spiro atoms. The van der Waals surface area contributed by atoms with Crippen LogP contribution in [-0.2, 0) is 35.4 Å². The van der Waals surface area contributed by atoms with Gasteiger partial charge in [-0.1, -0.05) is 49.6 Å². The number of sulfone groups is 1. The summed E-state index contributed by atoms with van der Waals surface area (Å²) >= 11 is 0. The summed E-state index contributed by atoms with van der Waals surface area (Å²) in [6.07, 6.45) is 9.12. The number of nitrogens with one attached hydrogen (secondary N) is 3. The topological polar surface area (TPSA) is 164 Å². The predicted molar refractivity (Wildman–Crippen MR) is 191 cm³/mol. The summed E-state index contributed by atoms with van der Waals surface area (Å²) in [7, 11) is -3.90. The van der Waals surface area contributed by atoms with Gasteiger partial charge in [0.15, 0.2) is 22.2 Å². The normalized spacial score (nSPS) is 21.2. The van der Waals surface area contributed by atoms with Crippen LogP contribution in [-0.4, -0.2) is 96.2 Å². The second-order valence-electron chi connectivity index (χ2n) is 15.3. The Morgan fingerprint density at radius 3 is 2.26 bits per heavy atom. The minimum Gasteiger partial charge on any atom is -0.482 e. The van der Waals surface area contributed by atoms with E-state index in [4.69, 9.17) is 4.74 Å². The van der Waals surface area contributed by atoms with Crippen LogP contribution in [0.5, 0.6) is 5.75 Å². The quantitative estimate of drug-likeness (QED) is 0.268. The third-order valence-electron chi connectivity index (χ3n) is 9.87. The molecule has 3 amide bonds. The van der Waals surface area contributed by atoms with Gasteiger partial charge in [0, 0.05) is 24.5 Å². The molecule has 0 radical (unpaired) electrons. The molecule has 5 atom stereocenters. The number of hydrogen-bond donors (Lipinski definition) is 3. The van der Waals surface area contributed by atoms with Crippen LogP contribution in [0.25, 0.3) is 0 Å². The average Bonchev–Trinajstić information content (AvgIpc) is 3.05.